The Morgan fingerprint density at radius 3 is 1.49 bits per heavy atom. The van der Waals surface area contributed by atoms with Crippen molar-refractivity contribution in [2.45, 2.75) is 19.3 Å². The normalized spacial score (nSPS) is 15.5. The molecule has 2 fully saturated rings. The molecular formula is C28H35N3O10. The van der Waals surface area contributed by atoms with Crippen molar-refractivity contribution in [3.8, 4) is 0 Å². The van der Waals surface area contributed by atoms with Crippen molar-refractivity contribution in [3.63, 3.8) is 0 Å². The van der Waals surface area contributed by atoms with Gasteiger partial charge in [-0.2, -0.15) is 0 Å². The summed E-state index contributed by atoms with van der Waals surface area (Å²) >= 11 is 0. The Bertz CT molecular complexity index is 1050. The number of benzene rings is 1. The van der Waals surface area contributed by atoms with Crippen LogP contribution in [-0.4, -0.2) is 117 Å². The van der Waals surface area contributed by atoms with E-state index in [0.717, 1.165) is 44.6 Å². The molecule has 4 N–H and O–H groups in total. The minimum atomic E-state index is -1.26. The van der Waals surface area contributed by atoms with Crippen molar-refractivity contribution in [1.82, 2.24) is 14.7 Å². The lowest BCUT2D eigenvalue weighted by Gasteiger charge is -2.35. The van der Waals surface area contributed by atoms with Gasteiger partial charge in [-0.15, -0.1) is 0 Å². The monoisotopic (exact) mass is 573 g/mol. The summed E-state index contributed by atoms with van der Waals surface area (Å²) in [5, 5.41) is 31.2. The fourth-order valence-electron chi connectivity index (χ4n) is 3.68. The van der Waals surface area contributed by atoms with Crippen molar-refractivity contribution in [1.29, 1.82) is 0 Å². The minimum absolute atomic E-state index is 0.0471. The molecule has 0 unspecified atom stereocenters. The van der Waals surface area contributed by atoms with E-state index in [1.807, 2.05) is 46.2 Å². The van der Waals surface area contributed by atoms with Crippen LogP contribution in [0, 0.1) is 0 Å². The molecule has 13 heteroatoms. The van der Waals surface area contributed by atoms with E-state index in [-0.39, 0.29) is 11.8 Å². The van der Waals surface area contributed by atoms with E-state index in [2.05, 4.69) is 4.90 Å². The van der Waals surface area contributed by atoms with Gasteiger partial charge in [0.15, 0.2) is 0 Å². The first kappa shape index (κ1) is 34.2. The largest absolute Gasteiger partial charge is 0.478 e. The van der Waals surface area contributed by atoms with E-state index >= 15 is 0 Å². The van der Waals surface area contributed by atoms with Gasteiger partial charge in [0.05, 0.1) is 6.54 Å². The van der Waals surface area contributed by atoms with Gasteiger partial charge in [-0.1, -0.05) is 30.3 Å². The predicted molar refractivity (Wildman–Crippen MR) is 148 cm³/mol. The zero-order valence-corrected chi connectivity index (χ0v) is 22.5. The van der Waals surface area contributed by atoms with Gasteiger partial charge in [-0.05, 0) is 30.9 Å². The molecule has 0 atom stereocenters. The number of piperazine rings is 1. The van der Waals surface area contributed by atoms with Crippen LogP contribution in [0.1, 0.15) is 24.8 Å². The van der Waals surface area contributed by atoms with Gasteiger partial charge in [-0.25, -0.2) is 19.2 Å². The molecule has 0 saturated carbocycles. The molecule has 2 aliphatic heterocycles. The fraction of sp³-hybridized carbons (Fsp3) is 0.357. The number of carboxylic acids is 4. The summed E-state index contributed by atoms with van der Waals surface area (Å²) in [6.45, 7) is 5.20. The number of hydrogen-bond donors (Lipinski definition) is 4. The lowest BCUT2D eigenvalue weighted by atomic mass is 10.1. The lowest BCUT2D eigenvalue weighted by Crippen LogP contribution is -2.51. The van der Waals surface area contributed by atoms with E-state index in [0.29, 0.717) is 43.9 Å². The average molecular weight is 574 g/mol. The van der Waals surface area contributed by atoms with E-state index in [1.54, 1.807) is 6.08 Å². The van der Waals surface area contributed by atoms with Crippen molar-refractivity contribution in [2.24, 2.45) is 0 Å². The Kier molecular flexibility index (Phi) is 16.1. The van der Waals surface area contributed by atoms with Crippen molar-refractivity contribution in [2.75, 3.05) is 45.8 Å². The maximum atomic E-state index is 12.3. The summed E-state index contributed by atoms with van der Waals surface area (Å²) in [4.78, 5) is 68.9. The summed E-state index contributed by atoms with van der Waals surface area (Å²) in [6.07, 6.45) is 9.22. The van der Waals surface area contributed by atoms with Crippen LogP contribution in [0.2, 0.25) is 0 Å². The topological polar surface area (TPSA) is 193 Å². The van der Waals surface area contributed by atoms with Crippen LogP contribution in [-0.2, 0) is 28.8 Å². The molecule has 0 aliphatic carbocycles. The Morgan fingerprint density at radius 2 is 1.05 bits per heavy atom. The molecule has 0 bridgehead atoms. The van der Waals surface area contributed by atoms with Crippen LogP contribution in [0.25, 0.3) is 6.08 Å². The van der Waals surface area contributed by atoms with E-state index in [1.165, 1.54) is 6.42 Å². The zero-order chi connectivity index (χ0) is 30.6. The molecular weight excluding hydrogens is 538 g/mol. The van der Waals surface area contributed by atoms with Gasteiger partial charge in [0, 0.05) is 69.6 Å². The van der Waals surface area contributed by atoms with Crippen molar-refractivity contribution >= 4 is 41.8 Å². The fourth-order valence-corrected chi connectivity index (χ4v) is 3.68. The standard InChI is InChI=1S/C20H27N3O2.2C4H4O4/c24-19(10-9-18-7-3-1-4-8-18)23-15-13-21(14-16-23)17-20(25)22-11-5-2-6-12-22;2*5-3(6)1-2-4(7)8/h1,3-4,7-10H,2,5-6,11-17H2;2*1-2H,(H,5,6)(H,7,8)/b10-9+;2*2-1+. The highest BCUT2D eigenvalue weighted by molar-refractivity contribution is 5.92. The second kappa shape index (κ2) is 19.3. The van der Waals surface area contributed by atoms with E-state index in [9.17, 15) is 28.8 Å². The molecule has 2 amide bonds. The third kappa shape index (κ3) is 16.7. The third-order valence-electron chi connectivity index (χ3n) is 5.71. The SMILES string of the molecule is O=C(/C=C/c1ccccc1)N1CCN(CC(=O)N2CCCCC2)CC1.O=C(O)/C=C/C(=O)O.O=C(O)/C=C/C(=O)O. The number of carbonyl (C=O) groups is 6. The van der Waals surface area contributed by atoms with Crippen LogP contribution in [0.3, 0.4) is 0 Å². The number of likely N-dealkylation sites (tertiary alicyclic amines) is 1. The molecule has 0 spiro atoms. The van der Waals surface area contributed by atoms with Gasteiger partial charge in [0.1, 0.15) is 0 Å². The Labute approximate surface area is 237 Å². The molecule has 1 aromatic carbocycles. The minimum Gasteiger partial charge on any atom is -0.478 e. The van der Waals surface area contributed by atoms with Crippen LogP contribution in [0.5, 0.6) is 0 Å². The van der Waals surface area contributed by atoms with Gasteiger partial charge >= 0.3 is 23.9 Å². The molecule has 0 radical (unpaired) electrons. The quantitative estimate of drug-likeness (QED) is 0.327. The van der Waals surface area contributed by atoms with Crippen LogP contribution in [0.4, 0.5) is 0 Å². The summed E-state index contributed by atoms with van der Waals surface area (Å²) in [5.74, 6) is -4.74. The van der Waals surface area contributed by atoms with E-state index in [4.69, 9.17) is 20.4 Å². The van der Waals surface area contributed by atoms with Gasteiger partial charge in [-0.3, -0.25) is 14.5 Å². The number of carbonyl (C=O) groups excluding carboxylic acids is 2. The van der Waals surface area contributed by atoms with Gasteiger partial charge in [0.2, 0.25) is 11.8 Å². The summed E-state index contributed by atoms with van der Waals surface area (Å²) < 4.78 is 0. The van der Waals surface area contributed by atoms with Crippen molar-refractivity contribution in [3.05, 3.63) is 66.3 Å². The molecule has 3 rings (SSSR count). The molecule has 1 aromatic rings. The molecule has 41 heavy (non-hydrogen) atoms. The lowest BCUT2D eigenvalue weighted by molar-refractivity contribution is -0.135. The van der Waals surface area contributed by atoms with E-state index < -0.39 is 23.9 Å². The summed E-state index contributed by atoms with van der Waals surface area (Å²) in [7, 11) is 0. The number of piperidine rings is 1. The highest BCUT2D eigenvalue weighted by Crippen LogP contribution is 2.10. The highest BCUT2D eigenvalue weighted by atomic mass is 16.4. The zero-order valence-electron chi connectivity index (χ0n) is 22.5. The highest BCUT2D eigenvalue weighted by Gasteiger charge is 2.24. The second-order valence-corrected chi connectivity index (χ2v) is 8.81. The summed E-state index contributed by atoms with van der Waals surface area (Å²) in [6, 6.07) is 9.84. The average Bonchev–Trinajstić information content (AvgIpc) is 2.96. The van der Waals surface area contributed by atoms with Crippen molar-refractivity contribution < 1.29 is 49.2 Å². The number of nitrogens with zero attached hydrogens (tertiary/aromatic N) is 3. The molecule has 2 heterocycles. The maximum absolute atomic E-state index is 12.3. The van der Waals surface area contributed by atoms with Gasteiger partial charge in [0.25, 0.3) is 0 Å². The van der Waals surface area contributed by atoms with Crippen LogP contribution < -0.4 is 0 Å². The Morgan fingerprint density at radius 1 is 0.585 bits per heavy atom. The first-order chi connectivity index (χ1) is 19.5. The van der Waals surface area contributed by atoms with Crippen LogP contribution >= 0.6 is 0 Å². The third-order valence-corrected chi connectivity index (χ3v) is 5.71. The first-order valence-electron chi connectivity index (χ1n) is 12.8. The molecule has 222 valence electrons. The number of carboxylic acid groups (broad SMARTS) is 4. The van der Waals surface area contributed by atoms with Crippen LogP contribution in [0.15, 0.2) is 60.7 Å². The van der Waals surface area contributed by atoms with Gasteiger partial charge < -0.3 is 30.2 Å². The molecule has 2 saturated heterocycles. The molecule has 2 aliphatic rings. The smallest absolute Gasteiger partial charge is 0.328 e. The Balaban J connectivity index is 0.000000433. The first-order valence-corrected chi connectivity index (χ1v) is 12.8. The maximum Gasteiger partial charge on any atom is 0.328 e. The summed E-state index contributed by atoms with van der Waals surface area (Å²) in [5.41, 5.74) is 1.03. The number of aliphatic carboxylic acids is 4. The Hall–Kier alpha value is -4.78. The predicted octanol–water partition coefficient (Wildman–Crippen LogP) is 1.28. The molecule has 0 aromatic heterocycles. The molecule has 13 nitrogen and oxygen atoms in total. The number of rotatable bonds is 8. The number of hydrogen-bond acceptors (Lipinski definition) is 7. The number of amides is 2. The second-order valence-electron chi connectivity index (χ2n) is 8.81.